The monoisotopic (exact) mass is 317 g/mol. The Bertz CT molecular complexity index is 549. The van der Waals surface area contributed by atoms with Gasteiger partial charge in [0.25, 0.3) is 0 Å². The highest BCUT2D eigenvalue weighted by Gasteiger charge is 2.24. The van der Waals surface area contributed by atoms with E-state index in [4.69, 9.17) is 28.9 Å². The molecule has 20 heavy (non-hydrogen) atoms. The van der Waals surface area contributed by atoms with Crippen molar-refractivity contribution in [3.05, 3.63) is 28.2 Å². The van der Waals surface area contributed by atoms with Crippen molar-refractivity contribution in [1.29, 1.82) is 0 Å². The van der Waals surface area contributed by atoms with Crippen LogP contribution in [0.4, 0.5) is 5.69 Å². The molecule has 3 N–H and O–H groups in total. The molecule has 1 rings (SSSR count). The molecule has 0 unspecified atom stereocenters. The number of nitrogens with two attached hydrogens (primary N) is 1. The minimum Gasteiger partial charge on any atom is -0.329 e. The van der Waals surface area contributed by atoms with E-state index in [1.54, 1.807) is 0 Å². The summed E-state index contributed by atoms with van der Waals surface area (Å²) in [6.45, 7) is 1.23. The number of carbonyl (C=O) groups is 3. The van der Waals surface area contributed by atoms with Gasteiger partial charge in [-0.25, -0.2) is 0 Å². The second-order valence-corrected chi connectivity index (χ2v) is 4.66. The summed E-state index contributed by atoms with van der Waals surface area (Å²) in [6.07, 6.45) is 0. The average Bonchev–Trinajstić information content (AvgIpc) is 2.39. The maximum absolute atomic E-state index is 11.8. The van der Waals surface area contributed by atoms with Gasteiger partial charge in [0, 0.05) is 25.7 Å². The Morgan fingerprint density at radius 1 is 1.25 bits per heavy atom. The van der Waals surface area contributed by atoms with Crippen molar-refractivity contribution in [2.24, 2.45) is 5.73 Å². The number of hydrogen-bond donors (Lipinski definition) is 2. The van der Waals surface area contributed by atoms with Gasteiger partial charge in [-0.15, -0.1) is 0 Å². The van der Waals surface area contributed by atoms with Crippen molar-refractivity contribution >= 4 is 46.6 Å². The molecule has 108 valence electrons. The van der Waals surface area contributed by atoms with Crippen LogP contribution < -0.4 is 11.1 Å². The molecule has 0 saturated heterocycles. The van der Waals surface area contributed by atoms with Crippen LogP contribution in [-0.2, 0) is 14.4 Å². The van der Waals surface area contributed by atoms with Gasteiger partial charge in [0.2, 0.25) is 5.91 Å². The molecular weight excluding hydrogens is 305 g/mol. The predicted molar refractivity (Wildman–Crippen MR) is 76.5 cm³/mol. The number of rotatable bonds is 3. The first-order valence-electron chi connectivity index (χ1n) is 5.65. The molecule has 0 fully saturated rings. The predicted octanol–water partition coefficient (Wildman–Crippen LogP) is 1.27. The van der Waals surface area contributed by atoms with Gasteiger partial charge in [0.1, 0.15) is 0 Å². The second-order valence-electron chi connectivity index (χ2n) is 3.85. The Morgan fingerprint density at radius 2 is 1.90 bits per heavy atom. The number of nitrogens with zero attached hydrogens (tertiary/aromatic N) is 1. The van der Waals surface area contributed by atoms with Crippen LogP contribution >= 0.6 is 23.2 Å². The lowest BCUT2D eigenvalue weighted by atomic mass is 10.3. The molecule has 6 nitrogen and oxygen atoms in total. The minimum absolute atomic E-state index is 0.0248. The molecule has 0 radical (unpaired) electrons. The third-order valence-corrected chi connectivity index (χ3v) is 3.09. The topological polar surface area (TPSA) is 92.5 Å². The van der Waals surface area contributed by atoms with Crippen molar-refractivity contribution in [2.45, 2.75) is 6.92 Å². The third kappa shape index (κ3) is 4.19. The van der Waals surface area contributed by atoms with Gasteiger partial charge in [0.05, 0.1) is 10.0 Å². The lowest BCUT2D eigenvalue weighted by Crippen LogP contribution is -2.44. The SMILES string of the molecule is CC(=O)N(CCN)C(=O)C(=O)Nc1ccc(Cl)c(Cl)c1. The number of nitrogens with one attached hydrogen (secondary N) is 1. The highest BCUT2D eigenvalue weighted by Crippen LogP contribution is 2.24. The van der Waals surface area contributed by atoms with E-state index in [0.29, 0.717) is 10.7 Å². The molecule has 0 aliphatic carbocycles. The molecule has 1 aromatic carbocycles. The van der Waals surface area contributed by atoms with E-state index in [1.807, 2.05) is 0 Å². The quantitative estimate of drug-likeness (QED) is 0.821. The van der Waals surface area contributed by atoms with Crippen LogP contribution in [0.1, 0.15) is 6.92 Å². The van der Waals surface area contributed by atoms with E-state index in [0.717, 1.165) is 4.90 Å². The van der Waals surface area contributed by atoms with Crippen LogP contribution in [0.2, 0.25) is 10.0 Å². The Morgan fingerprint density at radius 3 is 2.40 bits per heavy atom. The smallest absolute Gasteiger partial charge is 0.318 e. The minimum atomic E-state index is -0.978. The highest BCUT2D eigenvalue weighted by molar-refractivity contribution is 6.43. The summed E-state index contributed by atoms with van der Waals surface area (Å²) < 4.78 is 0. The van der Waals surface area contributed by atoms with Gasteiger partial charge >= 0.3 is 11.8 Å². The largest absolute Gasteiger partial charge is 0.329 e. The van der Waals surface area contributed by atoms with Crippen molar-refractivity contribution in [2.75, 3.05) is 18.4 Å². The van der Waals surface area contributed by atoms with Crippen LogP contribution in [0.15, 0.2) is 18.2 Å². The number of amides is 3. The molecule has 0 saturated carbocycles. The van der Waals surface area contributed by atoms with Crippen molar-refractivity contribution in [3.8, 4) is 0 Å². The second kappa shape index (κ2) is 7.23. The summed E-state index contributed by atoms with van der Waals surface area (Å²) in [5.74, 6) is -2.48. The van der Waals surface area contributed by atoms with E-state index in [9.17, 15) is 14.4 Å². The summed E-state index contributed by atoms with van der Waals surface area (Å²) in [4.78, 5) is 35.6. The van der Waals surface area contributed by atoms with E-state index < -0.39 is 17.7 Å². The summed E-state index contributed by atoms with van der Waals surface area (Å²) in [6, 6.07) is 4.36. The van der Waals surface area contributed by atoms with E-state index in [2.05, 4.69) is 5.32 Å². The fraction of sp³-hybridized carbons (Fsp3) is 0.250. The molecule has 0 atom stereocenters. The fourth-order valence-electron chi connectivity index (χ4n) is 1.41. The Balaban J connectivity index is 2.81. The van der Waals surface area contributed by atoms with Gasteiger partial charge in [-0.3, -0.25) is 19.3 Å². The molecule has 8 heteroatoms. The fourth-order valence-corrected chi connectivity index (χ4v) is 1.71. The van der Waals surface area contributed by atoms with E-state index >= 15 is 0 Å². The molecule has 0 aliphatic rings. The first kappa shape index (κ1) is 16.4. The van der Waals surface area contributed by atoms with Crippen molar-refractivity contribution in [3.63, 3.8) is 0 Å². The zero-order valence-corrected chi connectivity index (χ0v) is 12.2. The standard InChI is InChI=1S/C12H13Cl2N3O3/c1-7(18)17(5-4-15)12(20)11(19)16-8-2-3-9(13)10(14)6-8/h2-3,6H,4-5,15H2,1H3,(H,16,19). The van der Waals surface area contributed by atoms with Crippen LogP contribution in [0, 0.1) is 0 Å². The first-order valence-corrected chi connectivity index (χ1v) is 6.41. The third-order valence-electron chi connectivity index (χ3n) is 2.35. The van der Waals surface area contributed by atoms with Gasteiger partial charge < -0.3 is 11.1 Å². The van der Waals surface area contributed by atoms with Gasteiger partial charge in [-0.2, -0.15) is 0 Å². The summed E-state index contributed by atoms with van der Waals surface area (Å²) in [5, 5.41) is 2.90. The zero-order valence-electron chi connectivity index (χ0n) is 10.7. The van der Waals surface area contributed by atoms with Crippen LogP contribution in [-0.4, -0.2) is 35.7 Å². The molecule has 0 spiro atoms. The van der Waals surface area contributed by atoms with Gasteiger partial charge in [0.15, 0.2) is 0 Å². The Labute approximate surface area is 125 Å². The number of benzene rings is 1. The van der Waals surface area contributed by atoms with Crippen LogP contribution in [0.3, 0.4) is 0 Å². The molecule has 0 heterocycles. The number of carbonyl (C=O) groups excluding carboxylic acids is 3. The summed E-state index contributed by atoms with van der Waals surface area (Å²) in [7, 11) is 0. The molecule has 0 bridgehead atoms. The lowest BCUT2D eigenvalue weighted by Gasteiger charge is -2.17. The maximum atomic E-state index is 11.8. The maximum Gasteiger partial charge on any atom is 0.318 e. The molecule has 0 aromatic heterocycles. The normalized spacial score (nSPS) is 10.0. The molecule has 3 amide bonds. The molecule has 0 aliphatic heterocycles. The number of hydrogen-bond acceptors (Lipinski definition) is 4. The molecular formula is C12H13Cl2N3O3. The zero-order chi connectivity index (χ0) is 15.3. The Hall–Kier alpha value is -1.63. The molecule has 1 aromatic rings. The number of halogens is 2. The number of anilines is 1. The van der Waals surface area contributed by atoms with Crippen molar-refractivity contribution in [1.82, 2.24) is 4.90 Å². The average molecular weight is 318 g/mol. The van der Waals surface area contributed by atoms with E-state index in [1.165, 1.54) is 25.1 Å². The van der Waals surface area contributed by atoms with Crippen molar-refractivity contribution < 1.29 is 14.4 Å². The summed E-state index contributed by atoms with van der Waals surface area (Å²) >= 11 is 11.5. The van der Waals surface area contributed by atoms with Gasteiger partial charge in [-0.1, -0.05) is 23.2 Å². The van der Waals surface area contributed by atoms with Gasteiger partial charge in [-0.05, 0) is 18.2 Å². The Kier molecular flexibility index (Phi) is 5.94. The van der Waals surface area contributed by atoms with E-state index in [-0.39, 0.29) is 18.1 Å². The summed E-state index contributed by atoms with van der Waals surface area (Å²) in [5.41, 5.74) is 5.58. The highest BCUT2D eigenvalue weighted by atomic mass is 35.5. The first-order chi connectivity index (χ1) is 9.36. The number of imide groups is 1. The van der Waals surface area contributed by atoms with Crippen LogP contribution in [0.25, 0.3) is 0 Å². The lowest BCUT2D eigenvalue weighted by molar-refractivity contribution is -0.149. The van der Waals surface area contributed by atoms with Crippen LogP contribution in [0.5, 0.6) is 0 Å².